The lowest BCUT2D eigenvalue weighted by Crippen LogP contribution is -2.16. The van der Waals surface area contributed by atoms with Crippen molar-refractivity contribution in [1.82, 2.24) is 19.7 Å². The van der Waals surface area contributed by atoms with E-state index >= 15 is 0 Å². The zero-order valence-corrected chi connectivity index (χ0v) is 10.8. The van der Waals surface area contributed by atoms with Gasteiger partial charge in [0.05, 0.1) is 0 Å². The van der Waals surface area contributed by atoms with Gasteiger partial charge in [-0.3, -0.25) is 9.78 Å². The monoisotopic (exact) mass is 283 g/mol. The first kappa shape index (κ1) is 12.9. The minimum atomic E-state index is -0.472. The predicted octanol–water partition coefficient (Wildman–Crippen LogP) is 1.75. The molecule has 0 fully saturated rings. The number of anilines is 1. The van der Waals surface area contributed by atoms with Crippen LogP contribution in [0.25, 0.3) is 11.4 Å². The van der Waals surface area contributed by atoms with Crippen LogP contribution in [0, 0.1) is 5.82 Å². The van der Waals surface area contributed by atoms with E-state index in [1.54, 1.807) is 24.5 Å². The summed E-state index contributed by atoms with van der Waals surface area (Å²) in [6, 6.07) is 8.55. The van der Waals surface area contributed by atoms with Crippen molar-refractivity contribution in [1.29, 1.82) is 0 Å². The number of hydrogen-bond donors (Lipinski definition) is 1. The predicted molar refractivity (Wildman–Crippen MR) is 73.8 cm³/mol. The average molecular weight is 283 g/mol. The molecule has 0 aliphatic rings. The number of pyridine rings is 1. The van der Waals surface area contributed by atoms with Crippen LogP contribution in [0.3, 0.4) is 0 Å². The molecule has 104 valence electrons. The quantitative estimate of drug-likeness (QED) is 0.774. The molecule has 0 aliphatic carbocycles. The Hall–Kier alpha value is -3.09. The Kier molecular flexibility index (Phi) is 3.15. The average Bonchev–Trinajstić information content (AvgIpc) is 2.90. The molecule has 2 N–H and O–H groups in total. The minimum Gasteiger partial charge on any atom is -0.368 e. The molecule has 0 bridgehead atoms. The van der Waals surface area contributed by atoms with Crippen molar-refractivity contribution in [3.63, 3.8) is 0 Å². The molecule has 0 saturated carbocycles. The Morgan fingerprint density at radius 1 is 1.10 bits per heavy atom. The summed E-state index contributed by atoms with van der Waals surface area (Å²) in [4.78, 5) is 20.2. The van der Waals surface area contributed by atoms with Gasteiger partial charge in [-0.1, -0.05) is 0 Å². The maximum Gasteiger partial charge on any atom is 0.281 e. The molecule has 0 amide bonds. The fraction of sp³-hybridized carbons (Fsp3) is 0. The highest BCUT2D eigenvalue weighted by atomic mass is 19.1. The zero-order valence-electron chi connectivity index (χ0n) is 10.8. The zero-order chi connectivity index (χ0) is 14.8. The molecule has 2 aromatic heterocycles. The van der Waals surface area contributed by atoms with Crippen LogP contribution in [0.5, 0.6) is 0 Å². The van der Waals surface area contributed by atoms with Crippen molar-refractivity contribution in [2.75, 3.05) is 5.73 Å². The Labute approximate surface area is 119 Å². The summed E-state index contributed by atoms with van der Waals surface area (Å²) >= 11 is 0. The molecule has 7 heteroatoms. The lowest BCUT2D eigenvalue weighted by Gasteiger charge is -2.01. The van der Waals surface area contributed by atoms with Crippen LogP contribution in [-0.2, 0) is 0 Å². The number of aromatic nitrogens is 4. The molecular weight excluding hydrogens is 273 g/mol. The van der Waals surface area contributed by atoms with E-state index < -0.39 is 11.7 Å². The molecule has 0 saturated heterocycles. The summed E-state index contributed by atoms with van der Waals surface area (Å²) < 4.78 is 13.9. The maximum atomic E-state index is 12.9. The number of carbonyl (C=O) groups excluding carboxylic acids is 1. The second kappa shape index (κ2) is 5.12. The van der Waals surface area contributed by atoms with E-state index in [-0.39, 0.29) is 11.5 Å². The Bertz CT molecular complexity index is 783. The van der Waals surface area contributed by atoms with E-state index in [4.69, 9.17) is 5.73 Å². The molecule has 2 heterocycles. The van der Waals surface area contributed by atoms with Crippen LogP contribution in [0.2, 0.25) is 0 Å². The SMILES string of the molecule is Nc1nc(-c2ccncc2)nn1C(=O)c1ccc(F)cc1. The van der Waals surface area contributed by atoms with E-state index in [1.807, 2.05) is 0 Å². The van der Waals surface area contributed by atoms with E-state index in [2.05, 4.69) is 15.1 Å². The number of carbonyl (C=O) groups is 1. The van der Waals surface area contributed by atoms with Crippen LogP contribution in [0.15, 0.2) is 48.8 Å². The number of nitrogen functional groups attached to an aromatic ring is 1. The first-order chi connectivity index (χ1) is 10.1. The highest BCUT2D eigenvalue weighted by Crippen LogP contribution is 2.16. The van der Waals surface area contributed by atoms with Gasteiger partial charge in [-0.05, 0) is 36.4 Å². The van der Waals surface area contributed by atoms with Crippen molar-refractivity contribution in [2.24, 2.45) is 0 Å². The second-order valence-electron chi connectivity index (χ2n) is 4.25. The molecule has 3 aromatic rings. The highest BCUT2D eigenvalue weighted by Gasteiger charge is 2.16. The summed E-state index contributed by atoms with van der Waals surface area (Å²) in [5.74, 6) is -0.600. The van der Waals surface area contributed by atoms with Crippen molar-refractivity contribution in [3.8, 4) is 11.4 Å². The Balaban J connectivity index is 1.98. The van der Waals surface area contributed by atoms with Gasteiger partial charge in [0.1, 0.15) is 5.82 Å². The number of nitrogens with zero attached hydrogens (tertiary/aromatic N) is 4. The van der Waals surface area contributed by atoms with Crippen molar-refractivity contribution in [3.05, 3.63) is 60.2 Å². The Morgan fingerprint density at radius 2 is 1.76 bits per heavy atom. The van der Waals surface area contributed by atoms with Gasteiger partial charge in [0.15, 0.2) is 5.82 Å². The van der Waals surface area contributed by atoms with Crippen LogP contribution >= 0.6 is 0 Å². The molecule has 21 heavy (non-hydrogen) atoms. The van der Waals surface area contributed by atoms with Gasteiger partial charge >= 0.3 is 0 Å². The lowest BCUT2D eigenvalue weighted by atomic mass is 10.2. The molecule has 0 spiro atoms. The van der Waals surface area contributed by atoms with E-state index in [1.165, 1.54) is 24.3 Å². The van der Waals surface area contributed by atoms with Gasteiger partial charge < -0.3 is 5.73 Å². The van der Waals surface area contributed by atoms with Gasteiger partial charge in [0, 0.05) is 23.5 Å². The lowest BCUT2D eigenvalue weighted by molar-refractivity contribution is 0.0948. The molecule has 6 nitrogen and oxygen atoms in total. The van der Waals surface area contributed by atoms with Crippen LogP contribution in [0.4, 0.5) is 10.3 Å². The van der Waals surface area contributed by atoms with Crippen LogP contribution in [-0.4, -0.2) is 25.7 Å². The molecular formula is C14H10FN5O. The first-order valence-electron chi connectivity index (χ1n) is 6.08. The van der Waals surface area contributed by atoms with Crippen LogP contribution in [0.1, 0.15) is 10.4 Å². The van der Waals surface area contributed by atoms with E-state index in [0.29, 0.717) is 11.4 Å². The van der Waals surface area contributed by atoms with Gasteiger partial charge in [-0.2, -0.15) is 9.67 Å². The number of nitrogens with two attached hydrogens (primary N) is 1. The third kappa shape index (κ3) is 2.48. The molecule has 0 aliphatic heterocycles. The number of halogens is 1. The standard InChI is InChI=1S/C14H10FN5O/c15-11-3-1-10(2-4-11)13(21)20-14(16)18-12(19-20)9-5-7-17-8-6-9/h1-8H,(H2,16,18,19). The molecule has 0 atom stereocenters. The molecule has 0 unspecified atom stereocenters. The van der Waals surface area contributed by atoms with Gasteiger partial charge in [0.2, 0.25) is 5.95 Å². The number of hydrogen-bond acceptors (Lipinski definition) is 5. The summed E-state index contributed by atoms with van der Waals surface area (Å²) in [5, 5.41) is 4.09. The summed E-state index contributed by atoms with van der Waals surface area (Å²) in [6.07, 6.45) is 3.18. The fourth-order valence-electron chi connectivity index (χ4n) is 1.81. The smallest absolute Gasteiger partial charge is 0.281 e. The highest BCUT2D eigenvalue weighted by molar-refractivity contribution is 5.96. The second-order valence-corrected chi connectivity index (χ2v) is 4.25. The largest absolute Gasteiger partial charge is 0.368 e. The van der Waals surface area contributed by atoms with E-state index in [0.717, 1.165) is 4.68 Å². The topological polar surface area (TPSA) is 86.7 Å². The van der Waals surface area contributed by atoms with Gasteiger partial charge in [0.25, 0.3) is 5.91 Å². The summed E-state index contributed by atoms with van der Waals surface area (Å²) in [6.45, 7) is 0. The number of rotatable bonds is 2. The minimum absolute atomic E-state index is 0.0314. The van der Waals surface area contributed by atoms with Crippen molar-refractivity contribution < 1.29 is 9.18 Å². The maximum absolute atomic E-state index is 12.9. The van der Waals surface area contributed by atoms with Crippen LogP contribution < -0.4 is 5.73 Å². The molecule has 3 rings (SSSR count). The first-order valence-corrected chi connectivity index (χ1v) is 6.08. The molecule has 1 aromatic carbocycles. The molecule has 0 radical (unpaired) electrons. The third-order valence-corrected chi connectivity index (χ3v) is 2.85. The number of benzene rings is 1. The third-order valence-electron chi connectivity index (χ3n) is 2.85. The van der Waals surface area contributed by atoms with Gasteiger partial charge in [-0.25, -0.2) is 4.39 Å². The Morgan fingerprint density at radius 3 is 2.43 bits per heavy atom. The summed E-state index contributed by atoms with van der Waals surface area (Å²) in [5.41, 5.74) is 6.69. The van der Waals surface area contributed by atoms with Crippen molar-refractivity contribution >= 4 is 11.9 Å². The van der Waals surface area contributed by atoms with E-state index in [9.17, 15) is 9.18 Å². The van der Waals surface area contributed by atoms with Crippen molar-refractivity contribution in [2.45, 2.75) is 0 Å². The summed E-state index contributed by atoms with van der Waals surface area (Å²) in [7, 11) is 0. The van der Waals surface area contributed by atoms with Gasteiger partial charge in [-0.15, -0.1) is 5.10 Å². The normalized spacial score (nSPS) is 10.5. The fourth-order valence-corrected chi connectivity index (χ4v) is 1.81.